The highest BCUT2D eigenvalue weighted by Crippen LogP contribution is 2.34. The van der Waals surface area contributed by atoms with Crippen molar-refractivity contribution in [3.8, 4) is 5.69 Å². The molecule has 0 saturated heterocycles. The lowest BCUT2D eigenvalue weighted by atomic mass is 10.1. The molecule has 156 valence electrons. The monoisotopic (exact) mass is 406 g/mol. The predicted molar refractivity (Wildman–Crippen MR) is 137 cm³/mol. The van der Waals surface area contributed by atoms with Gasteiger partial charge in [0.1, 0.15) is 0 Å². The molecule has 6 aromatic rings. The van der Waals surface area contributed by atoms with Crippen LogP contribution < -0.4 is 0 Å². The molecular formula is C29H30N2. The Morgan fingerprint density at radius 1 is 0.452 bits per heavy atom. The molecule has 31 heavy (non-hydrogen) atoms. The molecule has 2 heteroatoms. The summed E-state index contributed by atoms with van der Waals surface area (Å²) < 4.78 is 4.66. The van der Waals surface area contributed by atoms with E-state index in [-0.39, 0.29) is 0 Å². The second kappa shape index (κ2) is 8.69. The van der Waals surface area contributed by atoms with Crippen molar-refractivity contribution < 1.29 is 0 Å². The molecule has 2 aromatic heterocycles. The van der Waals surface area contributed by atoms with Gasteiger partial charge in [0.05, 0.1) is 11.0 Å². The maximum atomic E-state index is 2.38. The van der Waals surface area contributed by atoms with Crippen molar-refractivity contribution in [1.29, 1.82) is 0 Å². The Hall–Kier alpha value is -3.52. The summed E-state index contributed by atoms with van der Waals surface area (Å²) in [5.41, 5.74) is 6.24. The minimum Gasteiger partial charge on any atom is -0.344 e. The topological polar surface area (TPSA) is 9.86 Å². The second-order valence-corrected chi connectivity index (χ2v) is 7.15. The van der Waals surface area contributed by atoms with Crippen LogP contribution in [0.4, 0.5) is 0 Å². The molecule has 0 radical (unpaired) electrons. The van der Waals surface area contributed by atoms with Crippen molar-refractivity contribution in [2.45, 2.75) is 27.7 Å². The Bertz CT molecular complexity index is 1430. The van der Waals surface area contributed by atoms with Gasteiger partial charge in [0.2, 0.25) is 0 Å². The van der Waals surface area contributed by atoms with E-state index in [0.29, 0.717) is 0 Å². The molecular weight excluding hydrogens is 376 g/mol. The SMILES string of the molecule is CC.CC.Cn1c2ccccc2c2cc(-n3c4ccccc4c4ccccc43)ccc21. The number of hydrogen-bond donors (Lipinski definition) is 0. The van der Waals surface area contributed by atoms with Gasteiger partial charge in [-0.1, -0.05) is 82.3 Å². The van der Waals surface area contributed by atoms with Gasteiger partial charge < -0.3 is 9.13 Å². The van der Waals surface area contributed by atoms with Gasteiger partial charge in [-0.15, -0.1) is 0 Å². The van der Waals surface area contributed by atoms with Crippen LogP contribution in [0.15, 0.2) is 91.0 Å². The van der Waals surface area contributed by atoms with E-state index < -0.39 is 0 Å². The number of para-hydroxylation sites is 3. The van der Waals surface area contributed by atoms with Crippen LogP contribution in [0.25, 0.3) is 49.3 Å². The zero-order chi connectivity index (χ0) is 22.0. The number of aromatic nitrogens is 2. The van der Waals surface area contributed by atoms with Crippen LogP contribution >= 0.6 is 0 Å². The first-order chi connectivity index (χ1) is 15.3. The summed E-state index contributed by atoms with van der Waals surface area (Å²) in [5, 5.41) is 5.20. The number of nitrogens with zero attached hydrogens (tertiary/aromatic N) is 2. The minimum absolute atomic E-state index is 1.20. The van der Waals surface area contributed by atoms with Crippen molar-refractivity contribution in [3.05, 3.63) is 91.0 Å². The van der Waals surface area contributed by atoms with Gasteiger partial charge in [-0.25, -0.2) is 0 Å². The maximum Gasteiger partial charge on any atom is 0.0541 e. The molecule has 2 nitrogen and oxygen atoms in total. The molecule has 4 aromatic carbocycles. The molecule has 6 rings (SSSR count). The molecule has 0 aliphatic heterocycles. The van der Waals surface area contributed by atoms with E-state index in [1.807, 2.05) is 27.7 Å². The fourth-order valence-corrected chi connectivity index (χ4v) is 4.50. The van der Waals surface area contributed by atoms with E-state index >= 15 is 0 Å². The molecule has 0 fully saturated rings. The molecule has 0 N–H and O–H groups in total. The average Bonchev–Trinajstić information content (AvgIpc) is 3.34. The standard InChI is InChI=1S/C25H18N2.2C2H6/c1-26-22-11-5-2-10-20(22)21-16-17(14-15-23(21)26)27-24-12-6-3-8-18(24)19-9-4-7-13-25(19)27;2*1-2/h2-16H,1H3;2*1-2H3. The van der Waals surface area contributed by atoms with Crippen LogP contribution in [0.5, 0.6) is 0 Å². The molecule has 0 amide bonds. The molecule has 0 saturated carbocycles. The summed E-state index contributed by atoms with van der Waals surface area (Å²) in [7, 11) is 2.14. The number of aryl methyl sites for hydroxylation is 1. The first kappa shape index (κ1) is 20.7. The summed E-state index contributed by atoms with van der Waals surface area (Å²) in [6, 6.07) is 32.8. The Morgan fingerprint density at radius 3 is 1.42 bits per heavy atom. The lowest BCUT2D eigenvalue weighted by molar-refractivity contribution is 1.01. The summed E-state index contributed by atoms with van der Waals surface area (Å²) in [4.78, 5) is 0. The van der Waals surface area contributed by atoms with E-state index in [0.717, 1.165) is 0 Å². The quantitative estimate of drug-likeness (QED) is 0.259. The summed E-state index contributed by atoms with van der Waals surface area (Å²) >= 11 is 0. The van der Waals surface area contributed by atoms with E-state index in [9.17, 15) is 0 Å². The van der Waals surface area contributed by atoms with Crippen LogP contribution in [0, 0.1) is 0 Å². The summed E-state index contributed by atoms with van der Waals surface area (Å²) in [6.07, 6.45) is 0. The fourth-order valence-electron chi connectivity index (χ4n) is 4.50. The average molecular weight is 407 g/mol. The highest BCUT2D eigenvalue weighted by Gasteiger charge is 2.13. The predicted octanol–water partition coefficient (Wildman–Crippen LogP) is 8.48. The molecule has 2 heterocycles. The van der Waals surface area contributed by atoms with E-state index in [2.05, 4.69) is 107 Å². The fraction of sp³-hybridized carbons (Fsp3) is 0.172. The Balaban J connectivity index is 0.000000549. The van der Waals surface area contributed by atoms with Crippen molar-refractivity contribution in [3.63, 3.8) is 0 Å². The summed E-state index contributed by atoms with van der Waals surface area (Å²) in [5.74, 6) is 0. The number of rotatable bonds is 1. The molecule has 0 bridgehead atoms. The Kier molecular flexibility index (Phi) is 5.81. The van der Waals surface area contributed by atoms with Gasteiger partial charge in [-0.05, 0) is 36.4 Å². The Labute approximate surface area is 184 Å². The van der Waals surface area contributed by atoms with Crippen LogP contribution in [0.2, 0.25) is 0 Å². The normalized spacial score (nSPS) is 10.7. The number of fused-ring (bicyclic) bond motifs is 6. The molecule has 0 unspecified atom stereocenters. The zero-order valence-electron chi connectivity index (χ0n) is 19.1. The Morgan fingerprint density at radius 2 is 0.871 bits per heavy atom. The highest BCUT2D eigenvalue weighted by atomic mass is 15.0. The van der Waals surface area contributed by atoms with Crippen LogP contribution in [-0.4, -0.2) is 9.13 Å². The lowest BCUT2D eigenvalue weighted by Gasteiger charge is -2.08. The van der Waals surface area contributed by atoms with Gasteiger partial charge in [0.15, 0.2) is 0 Å². The minimum atomic E-state index is 1.20. The number of benzene rings is 4. The van der Waals surface area contributed by atoms with Gasteiger partial charge in [0.25, 0.3) is 0 Å². The van der Waals surface area contributed by atoms with Crippen LogP contribution in [0.3, 0.4) is 0 Å². The van der Waals surface area contributed by atoms with Crippen molar-refractivity contribution >= 4 is 43.6 Å². The molecule has 0 aliphatic carbocycles. The first-order valence-electron chi connectivity index (χ1n) is 11.3. The third-order valence-corrected chi connectivity index (χ3v) is 5.74. The van der Waals surface area contributed by atoms with Gasteiger partial charge in [0, 0.05) is 45.3 Å². The number of hydrogen-bond acceptors (Lipinski definition) is 0. The van der Waals surface area contributed by atoms with E-state index in [1.165, 1.54) is 49.3 Å². The molecule has 0 atom stereocenters. The smallest absolute Gasteiger partial charge is 0.0541 e. The van der Waals surface area contributed by atoms with Gasteiger partial charge in [-0.2, -0.15) is 0 Å². The first-order valence-corrected chi connectivity index (χ1v) is 11.3. The molecule has 0 spiro atoms. The highest BCUT2D eigenvalue weighted by molar-refractivity contribution is 6.11. The van der Waals surface area contributed by atoms with Gasteiger partial charge in [-0.3, -0.25) is 0 Å². The van der Waals surface area contributed by atoms with Crippen LogP contribution in [0.1, 0.15) is 27.7 Å². The van der Waals surface area contributed by atoms with E-state index in [1.54, 1.807) is 0 Å². The largest absolute Gasteiger partial charge is 0.344 e. The van der Waals surface area contributed by atoms with Gasteiger partial charge >= 0.3 is 0 Å². The third kappa shape index (κ3) is 3.19. The third-order valence-electron chi connectivity index (χ3n) is 5.74. The molecule has 0 aliphatic rings. The zero-order valence-corrected chi connectivity index (χ0v) is 19.1. The van der Waals surface area contributed by atoms with Crippen molar-refractivity contribution in [2.24, 2.45) is 7.05 Å². The lowest BCUT2D eigenvalue weighted by Crippen LogP contribution is -1.94. The van der Waals surface area contributed by atoms with Crippen molar-refractivity contribution in [2.75, 3.05) is 0 Å². The summed E-state index contributed by atoms with van der Waals surface area (Å²) in [6.45, 7) is 8.00. The maximum absolute atomic E-state index is 2.38. The second-order valence-electron chi connectivity index (χ2n) is 7.15. The van der Waals surface area contributed by atoms with E-state index in [4.69, 9.17) is 0 Å². The van der Waals surface area contributed by atoms with Crippen LogP contribution in [-0.2, 0) is 7.05 Å². The van der Waals surface area contributed by atoms with Crippen molar-refractivity contribution in [1.82, 2.24) is 9.13 Å².